The highest BCUT2D eigenvalue weighted by Gasteiger charge is 2.27. The Bertz CT molecular complexity index is 517. The lowest BCUT2D eigenvalue weighted by Crippen LogP contribution is -1.84. The number of hydrogen-bond donors (Lipinski definition) is 1. The molecular formula is C11H11BrN2O. The number of imidazole rings is 1. The number of nitrogens with one attached hydrogen (secondary N) is 1. The summed E-state index contributed by atoms with van der Waals surface area (Å²) in [6, 6.07) is 3.92. The van der Waals surface area contributed by atoms with E-state index in [2.05, 4.69) is 25.9 Å². The first-order valence-electron chi connectivity index (χ1n) is 5.01. The monoisotopic (exact) mass is 266 g/mol. The lowest BCUT2D eigenvalue weighted by atomic mass is 10.3. The Kier molecular flexibility index (Phi) is 1.99. The van der Waals surface area contributed by atoms with Gasteiger partial charge < -0.3 is 9.72 Å². The van der Waals surface area contributed by atoms with E-state index in [-0.39, 0.29) is 0 Å². The van der Waals surface area contributed by atoms with Crippen molar-refractivity contribution in [2.24, 2.45) is 0 Å². The van der Waals surface area contributed by atoms with E-state index in [9.17, 15) is 0 Å². The molecule has 0 spiro atoms. The summed E-state index contributed by atoms with van der Waals surface area (Å²) < 4.78 is 6.33. The first-order valence-corrected chi connectivity index (χ1v) is 5.81. The van der Waals surface area contributed by atoms with E-state index in [1.54, 1.807) is 7.11 Å². The molecule has 1 aliphatic carbocycles. The van der Waals surface area contributed by atoms with Gasteiger partial charge in [0.1, 0.15) is 17.1 Å². The number of hydrogen-bond acceptors (Lipinski definition) is 2. The largest absolute Gasteiger partial charge is 0.494 e. The van der Waals surface area contributed by atoms with E-state index in [0.717, 1.165) is 27.1 Å². The van der Waals surface area contributed by atoms with Gasteiger partial charge in [0, 0.05) is 10.4 Å². The van der Waals surface area contributed by atoms with E-state index in [1.807, 2.05) is 12.1 Å². The Labute approximate surface area is 96.0 Å². The minimum absolute atomic E-state index is 0.633. The molecular weight excluding hydrogens is 256 g/mol. The molecule has 4 heteroatoms. The lowest BCUT2D eigenvalue weighted by Gasteiger charge is -2.00. The molecule has 3 rings (SSSR count). The molecule has 1 heterocycles. The zero-order valence-electron chi connectivity index (χ0n) is 8.38. The maximum atomic E-state index is 5.29. The normalized spacial score (nSPS) is 15.9. The zero-order chi connectivity index (χ0) is 10.4. The molecule has 0 unspecified atom stereocenters. The summed E-state index contributed by atoms with van der Waals surface area (Å²) in [6.45, 7) is 0. The summed E-state index contributed by atoms with van der Waals surface area (Å²) >= 11 is 3.52. The fraction of sp³-hybridized carbons (Fsp3) is 0.364. The number of rotatable bonds is 2. The van der Waals surface area contributed by atoms with Crippen molar-refractivity contribution in [2.75, 3.05) is 7.11 Å². The van der Waals surface area contributed by atoms with Gasteiger partial charge in [0.25, 0.3) is 0 Å². The second-order valence-electron chi connectivity index (χ2n) is 3.87. The first-order chi connectivity index (χ1) is 7.29. The number of methoxy groups -OCH3 is 1. The Balaban J connectivity index is 2.25. The summed E-state index contributed by atoms with van der Waals surface area (Å²) in [5, 5.41) is 0. The summed E-state index contributed by atoms with van der Waals surface area (Å²) in [5.74, 6) is 2.56. The van der Waals surface area contributed by atoms with Crippen molar-refractivity contribution in [3.8, 4) is 5.75 Å². The average molecular weight is 267 g/mol. The third-order valence-electron chi connectivity index (χ3n) is 2.76. The van der Waals surface area contributed by atoms with Gasteiger partial charge in [-0.05, 0) is 40.9 Å². The number of benzene rings is 1. The molecule has 0 radical (unpaired) electrons. The van der Waals surface area contributed by atoms with E-state index < -0.39 is 0 Å². The summed E-state index contributed by atoms with van der Waals surface area (Å²) in [5.41, 5.74) is 1.96. The number of H-pyrrole nitrogens is 1. The Morgan fingerprint density at radius 1 is 1.47 bits per heavy atom. The summed E-state index contributed by atoms with van der Waals surface area (Å²) in [7, 11) is 1.67. The molecule has 3 nitrogen and oxygen atoms in total. The van der Waals surface area contributed by atoms with Gasteiger partial charge in [-0.25, -0.2) is 4.98 Å². The van der Waals surface area contributed by atoms with Crippen molar-refractivity contribution < 1.29 is 4.74 Å². The highest BCUT2D eigenvalue weighted by atomic mass is 79.9. The van der Waals surface area contributed by atoms with Crippen LogP contribution >= 0.6 is 15.9 Å². The summed E-state index contributed by atoms with van der Waals surface area (Å²) in [6.07, 6.45) is 2.50. The molecule has 0 amide bonds. The van der Waals surface area contributed by atoms with Crippen LogP contribution in [0.1, 0.15) is 24.6 Å². The topological polar surface area (TPSA) is 37.9 Å². The van der Waals surface area contributed by atoms with Crippen LogP contribution in [-0.4, -0.2) is 17.1 Å². The Morgan fingerprint density at radius 3 is 2.93 bits per heavy atom. The Hall–Kier alpha value is -1.03. The van der Waals surface area contributed by atoms with Gasteiger partial charge in [0.15, 0.2) is 0 Å². The van der Waals surface area contributed by atoms with Crippen molar-refractivity contribution in [1.29, 1.82) is 0 Å². The molecule has 78 valence electrons. The molecule has 0 aliphatic heterocycles. The second kappa shape index (κ2) is 3.23. The standard InChI is InChI=1S/C11H11BrN2O/c1-15-8-5-4-7(12)9-10(8)14-11(13-9)6-2-3-6/h4-6H,2-3H2,1H3,(H,13,14). The highest BCUT2D eigenvalue weighted by molar-refractivity contribution is 9.10. The first kappa shape index (κ1) is 9.21. The van der Waals surface area contributed by atoms with E-state index >= 15 is 0 Å². The van der Waals surface area contributed by atoms with Gasteiger partial charge in [-0.1, -0.05) is 0 Å². The van der Waals surface area contributed by atoms with E-state index in [0.29, 0.717) is 5.92 Å². The third-order valence-corrected chi connectivity index (χ3v) is 3.42. The van der Waals surface area contributed by atoms with E-state index in [4.69, 9.17) is 4.74 Å². The number of halogens is 1. The molecule has 15 heavy (non-hydrogen) atoms. The predicted molar refractivity (Wildman–Crippen MR) is 62.3 cm³/mol. The third kappa shape index (κ3) is 1.44. The Morgan fingerprint density at radius 2 is 2.27 bits per heavy atom. The van der Waals surface area contributed by atoms with Crippen molar-refractivity contribution in [2.45, 2.75) is 18.8 Å². The number of aromatic amines is 1. The van der Waals surface area contributed by atoms with Gasteiger partial charge in [-0.2, -0.15) is 0 Å². The number of nitrogens with zero attached hydrogens (tertiary/aromatic N) is 1. The van der Waals surface area contributed by atoms with Gasteiger partial charge in [0.05, 0.1) is 12.6 Å². The smallest absolute Gasteiger partial charge is 0.146 e. The average Bonchev–Trinajstić information content (AvgIpc) is 2.99. The fourth-order valence-corrected chi connectivity index (χ4v) is 2.19. The molecule has 1 N–H and O–H groups in total. The lowest BCUT2D eigenvalue weighted by molar-refractivity contribution is 0.419. The molecule has 1 aromatic carbocycles. The van der Waals surface area contributed by atoms with Crippen LogP contribution in [0.3, 0.4) is 0 Å². The summed E-state index contributed by atoms with van der Waals surface area (Å²) in [4.78, 5) is 7.96. The van der Waals surface area contributed by atoms with Crippen LogP contribution in [0.5, 0.6) is 5.75 Å². The van der Waals surface area contributed by atoms with Gasteiger partial charge >= 0.3 is 0 Å². The molecule has 0 bridgehead atoms. The molecule has 1 fully saturated rings. The molecule has 1 saturated carbocycles. The maximum absolute atomic E-state index is 5.29. The quantitative estimate of drug-likeness (QED) is 0.907. The van der Waals surface area contributed by atoms with Gasteiger partial charge in [-0.3, -0.25) is 0 Å². The van der Waals surface area contributed by atoms with Crippen LogP contribution < -0.4 is 4.74 Å². The van der Waals surface area contributed by atoms with Crippen LogP contribution in [0, 0.1) is 0 Å². The van der Waals surface area contributed by atoms with Crippen molar-refractivity contribution >= 4 is 27.0 Å². The molecule has 2 aromatic rings. The van der Waals surface area contributed by atoms with Crippen molar-refractivity contribution in [3.63, 3.8) is 0 Å². The van der Waals surface area contributed by atoms with Crippen molar-refractivity contribution in [1.82, 2.24) is 9.97 Å². The zero-order valence-corrected chi connectivity index (χ0v) is 9.97. The number of aromatic nitrogens is 2. The minimum atomic E-state index is 0.633. The van der Waals surface area contributed by atoms with Crippen LogP contribution in [0.2, 0.25) is 0 Å². The van der Waals surface area contributed by atoms with Gasteiger partial charge in [0.2, 0.25) is 0 Å². The SMILES string of the molecule is COc1ccc(Br)c2[nH]c(C3CC3)nc12. The molecule has 0 saturated heterocycles. The van der Waals surface area contributed by atoms with E-state index in [1.165, 1.54) is 12.8 Å². The van der Waals surface area contributed by atoms with Crippen LogP contribution in [0.25, 0.3) is 11.0 Å². The highest BCUT2D eigenvalue weighted by Crippen LogP contribution is 2.40. The van der Waals surface area contributed by atoms with Crippen molar-refractivity contribution in [3.05, 3.63) is 22.4 Å². The fourth-order valence-electron chi connectivity index (χ4n) is 1.77. The molecule has 1 aromatic heterocycles. The number of ether oxygens (including phenoxy) is 1. The van der Waals surface area contributed by atoms with Crippen LogP contribution in [-0.2, 0) is 0 Å². The molecule has 0 atom stereocenters. The van der Waals surface area contributed by atoms with Crippen LogP contribution in [0.15, 0.2) is 16.6 Å². The predicted octanol–water partition coefficient (Wildman–Crippen LogP) is 3.21. The molecule has 1 aliphatic rings. The van der Waals surface area contributed by atoms with Crippen LogP contribution in [0.4, 0.5) is 0 Å². The number of fused-ring (bicyclic) bond motifs is 1. The minimum Gasteiger partial charge on any atom is -0.494 e. The second-order valence-corrected chi connectivity index (χ2v) is 4.72. The maximum Gasteiger partial charge on any atom is 0.146 e. The van der Waals surface area contributed by atoms with Gasteiger partial charge in [-0.15, -0.1) is 0 Å².